The number of nitrogens with one attached hydrogen (secondary N) is 1. The third kappa shape index (κ3) is 1.87. The summed E-state index contributed by atoms with van der Waals surface area (Å²) in [5.74, 6) is 0. The molecule has 1 aromatic carbocycles. The lowest BCUT2D eigenvalue weighted by atomic mass is 9.88. The summed E-state index contributed by atoms with van der Waals surface area (Å²) in [4.78, 5) is 0. The minimum Gasteiger partial charge on any atom is -0.385 e. The molecule has 4 heteroatoms. The number of aromatic amines is 1. The number of allylic oxidation sites excluding steroid dienone is 2. The Labute approximate surface area is 98.7 Å². The molecule has 2 aromatic rings. The predicted molar refractivity (Wildman–Crippen MR) is 65.4 cm³/mol. The van der Waals surface area contributed by atoms with E-state index in [9.17, 15) is 5.11 Å². The van der Waals surface area contributed by atoms with E-state index in [0.29, 0.717) is 12.8 Å². The zero-order valence-electron chi connectivity index (χ0n) is 9.30. The van der Waals surface area contributed by atoms with E-state index in [1.54, 1.807) is 0 Å². The van der Waals surface area contributed by atoms with E-state index in [-0.39, 0.29) is 0 Å². The fourth-order valence-electron chi connectivity index (χ4n) is 2.18. The summed E-state index contributed by atoms with van der Waals surface area (Å²) in [6.07, 6.45) is 8.84. The van der Waals surface area contributed by atoms with Crippen molar-refractivity contribution in [3.63, 3.8) is 0 Å². The van der Waals surface area contributed by atoms with Crippen LogP contribution >= 0.6 is 0 Å². The van der Waals surface area contributed by atoms with Gasteiger partial charge in [0.25, 0.3) is 0 Å². The Hall–Kier alpha value is -1.94. The lowest BCUT2D eigenvalue weighted by Gasteiger charge is -2.25. The highest BCUT2D eigenvalue weighted by atomic mass is 16.3. The highest BCUT2D eigenvalue weighted by Gasteiger charge is 2.25. The molecule has 2 N–H and O–H groups in total. The molecule has 0 spiro atoms. The van der Waals surface area contributed by atoms with Crippen LogP contribution in [0.3, 0.4) is 0 Å². The van der Waals surface area contributed by atoms with Gasteiger partial charge in [0.05, 0.1) is 5.60 Å². The number of para-hydroxylation sites is 1. The Bertz CT molecular complexity index is 599. The molecule has 86 valence electrons. The molecule has 0 fully saturated rings. The monoisotopic (exact) mass is 227 g/mol. The molecule has 17 heavy (non-hydrogen) atoms. The second-order valence-electron chi connectivity index (χ2n) is 4.38. The number of fused-ring (bicyclic) bond motifs is 1. The van der Waals surface area contributed by atoms with Gasteiger partial charge in [-0.3, -0.25) is 0 Å². The maximum Gasteiger partial charge on any atom is 0.116 e. The largest absolute Gasteiger partial charge is 0.385 e. The van der Waals surface area contributed by atoms with Crippen LogP contribution in [0.2, 0.25) is 0 Å². The van der Waals surface area contributed by atoms with Crippen LogP contribution in [0.25, 0.3) is 11.0 Å². The smallest absolute Gasteiger partial charge is 0.116 e. The fraction of sp³-hybridized carbons (Fsp3) is 0.231. The van der Waals surface area contributed by atoms with Gasteiger partial charge < -0.3 is 5.11 Å². The lowest BCUT2D eigenvalue weighted by Crippen LogP contribution is -2.29. The SMILES string of the molecule is OC1(Cc2cccc3n[nH]nc23)C=CC=CC1. The van der Waals surface area contributed by atoms with Gasteiger partial charge in [0, 0.05) is 6.42 Å². The van der Waals surface area contributed by atoms with Gasteiger partial charge in [-0.05, 0) is 18.1 Å². The third-order valence-corrected chi connectivity index (χ3v) is 3.05. The van der Waals surface area contributed by atoms with Gasteiger partial charge in [-0.1, -0.05) is 36.4 Å². The van der Waals surface area contributed by atoms with E-state index < -0.39 is 5.60 Å². The molecule has 1 heterocycles. The van der Waals surface area contributed by atoms with Crippen molar-refractivity contribution in [2.75, 3.05) is 0 Å². The number of rotatable bonds is 2. The normalized spacial score (nSPS) is 23.4. The zero-order valence-corrected chi connectivity index (χ0v) is 9.30. The molecule has 0 bridgehead atoms. The summed E-state index contributed by atoms with van der Waals surface area (Å²) >= 11 is 0. The molecular formula is C13H13N3O. The summed E-state index contributed by atoms with van der Waals surface area (Å²) in [7, 11) is 0. The Morgan fingerprint density at radius 3 is 3.06 bits per heavy atom. The van der Waals surface area contributed by atoms with Crippen LogP contribution in [0.4, 0.5) is 0 Å². The molecule has 1 aromatic heterocycles. The van der Waals surface area contributed by atoms with Crippen molar-refractivity contribution in [3.8, 4) is 0 Å². The number of H-pyrrole nitrogens is 1. The third-order valence-electron chi connectivity index (χ3n) is 3.05. The number of benzene rings is 1. The lowest BCUT2D eigenvalue weighted by molar-refractivity contribution is 0.0937. The fourth-order valence-corrected chi connectivity index (χ4v) is 2.18. The Kier molecular flexibility index (Phi) is 2.30. The van der Waals surface area contributed by atoms with Crippen LogP contribution < -0.4 is 0 Å². The van der Waals surface area contributed by atoms with E-state index in [1.165, 1.54) is 0 Å². The van der Waals surface area contributed by atoms with Crippen LogP contribution in [0.15, 0.2) is 42.5 Å². The first-order chi connectivity index (χ1) is 8.27. The molecule has 1 aliphatic rings. The highest BCUT2D eigenvalue weighted by molar-refractivity contribution is 5.77. The Balaban J connectivity index is 1.97. The zero-order chi connectivity index (χ0) is 11.7. The number of aromatic nitrogens is 3. The Morgan fingerprint density at radius 1 is 1.29 bits per heavy atom. The summed E-state index contributed by atoms with van der Waals surface area (Å²) < 4.78 is 0. The standard InChI is InChI=1S/C13H13N3O/c17-13(7-2-1-3-8-13)9-10-5-4-6-11-12(10)15-16-14-11/h1-7,17H,8-9H2,(H,14,15,16). The molecule has 1 unspecified atom stereocenters. The van der Waals surface area contributed by atoms with Crippen molar-refractivity contribution in [1.29, 1.82) is 0 Å². The van der Waals surface area contributed by atoms with Crippen molar-refractivity contribution in [1.82, 2.24) is 15.4 Å². The molecule has 0 radical (unpaired) electrons. The number of aliphatic hydroxyl groups is 1. The van der Waals surface area contributed by atoms with Crippen molar-refractivity contribution in [2.45, 2.75) is 18.4 Å². The van der Waals surface area contributed by atoms with Crippen LogP contribution in [0.1, 0.15) is 12.0 Å². The summed E-state index contributed by atoms with van der Waals surface area (Å²) in [5, 5.41) is 21.2. The maximum atomic E-state index is 10.4. The van der Waals surface area contributed by atoms with Gasteiger partial charge in [-0.25, -0.2) is 0 Å². The number of nitrogens with zero attached hydrogens (tertiary/aromatic N) is 2. The van der Waals surface area contributed by atoms with Crippen molar-refractivity contribution in [2.24, 2.45) is 0 Å². The number of hydrogen-bond donors (Lipinski definition) is 2. The van der Waals surface area contributed by atoms with E-state index in [2.05, 4.69) is 15.4 Å². The van der Waals surface area contributed by atoms with Crippen LogP contribution in [-0.2, 0) is 6.42 Å². The molecule has 1 atom stereocenters. The maximum absolute atomic E-state index is 10.4. The first-order valence-electron chi connectivity index (χ1n) is 5.62. The molecule has 1 aliphatic carbocycles. The van der Waals surface area contributed by atoms with Gasteiger partial charge in [-0.2, -0.15) is 15.4 Å². The van der Waals surface area contributed by atoms with Gasteiger partial charge in [0.15, 0.2) is 0 Å². The molecular weight excluding hydrogens is 214 g/mol. The number of hydrogen-bond acceptors (Lipinski definition) is 3. The second kappa shape index (κ2) is 3.82. The van der Waals surface area contributed by atoms with Crippen molar-refractivity contribution < 1.29 is 5.11 Å². The molecule has 0 saturated carbocycles. The van der Waals surface area contributed by atoms with Crippen LogP contribution in [0.5, 0.6) is 0 Å². The first-order valence-corrected chi connectivity index (χ1v) is 5.62. The van der Waals surface area contributed by atoms with Gasteiger partial charge >= 0.3 is 0 Å². The van der Waals surface area contributed by atoms with Crippen LogP contribution in [0, 0.1) is 0 Å². The van der Waals surface area contributed by atoms with E-state index in [4.69, 9.17) is 0 Å². The first kappa shape index (κ1) is 10.2. The van der Waals surface area contributed by atoms with Gasteiger partial charge in [-0.15, -0.1) is 0 Å². The minimum absolute atomic E-state index is 0.553. The average molecular weight is 227 g/mol. The average Bonchev–Trinajstić information content (AvgIpc) is 2.79. The van der Waals surface area contributed by atoms with E-state index in [0.717, 1.165) is 16.6 Å². The topological polar surface area (TPSA) is 61.8 Å². The molecule has 0 aliphatic heterocycles. The van der Waals surface area contributed by atoms with Gasteiger partial charge in [0.1, 0.15) is 11.0 Å². The summed E-state index contributed by atoms with van der Waals surface area (Å²) in [6, 6.07) is 5.82. The second-order valence-corrected chi connectivity index (χ2v) is 4.38. The van der Waals surface area contributed by atoms with Crippen molar-refractivity contribution in [3.05, 3.63) is 48.1 Å². The van der Waals surface area contributed by atoms with Crippen molar-refractivity contribution >= 4 is 11.0 Å². The summed E-state index contributed by atoms with van der Waals surface area (Å²) in [5.41, 5.74) is 1.88. The predicted octanol–water partition coefficient (Wildman–Crippen LogP) is 1.75. The molecule has 0 saturated heterocycles. The van der Waals surface area contributed by atoms with E-state index >= 15 is 0 Å². The Morgan fingerprint density at radius 2 is 2.24 bits per heavy atom. The molecule has 0 amide bonds. The quantitative estimate of drug-likeness (QED) is 0.821. The molecule has 4 nitrogen and oxygen atoms in total. The van der Waals surface area contributed by atoms with E-state index in [1.807, 2.05) is 42.5 Å². The van der Waals surface area contributed by atoms with Gasteiger partial charge in [0.2, 0.25) is 0 Å². The molecule has 3 rings (SSSR count). The van der Waals surface area contributed by atoms with Crippen LogP contribution in [-0.4, -0.2) is 26.1 Å². The minimum atomic E-state index is -0.804. The highest BCUT2D eigenvalue weighted by Crippen LogP contribution is 2.25. The summed E-state index contributed by atoms with van der Waals surface area (Å²) in [6.45, 7) is 0.